The Labute approximate surface area is 195 Å². The molecule has 0 radical (unpaired) electrons. The first-order chi connectivity index (χ1) is 16.9. The van der Waals surface area contributed by atoms with E-state index in [-0.39, 0.29) is 31.4 Å². The number of carbonyl (C=O) groups excluding carboxylic acids is 3. The molecule has 0 saturated carbocycles. The van der Waals surface area contributed by atoms with E-state index in [1.807, 2.05) is 17.0 Å². The van der Waals surface area contributed by atoms with E-state index in [1.165, 1.54) is 4.90 Å². The highest BCUT2D eigenvalue weighted by molar-refractivity contribution is 6.05. The van der Waals surface area contributed by atoms with Crippen molar-refractivity contribution in [3.8, 4) is 5.75 Å². The summed E-state index contributed by atoms with van der Waals surface area (Å²) in [6, 6.07) is 10.2. The lowest BCUT2D eigenvalue weighted by Gasteiger charge is -2.29. The zero-order valence-electron chi connectivity index (χ0n) is 20.2. The van der Waals surface area contributed by atoms with E-state index in [2.05, 4.69) is 5.32 Å². The molecule has 3 amide bonds. The fraction of sp³-hybridized carbons (Fsp3) is 0.400. The number of carbonyl (C=O) groups is 3. The van der Waals surface area contributed by atoms with Gasteiger partial charge in [0.2, 0.25) is 11.8 Å². The van der Waals surface area contributed by atoms with E-state index < -0.39 is 18.5 Å². The highest BCUT2D eigenvalue weighted by Crippen LogP contribution is 2.34. The van der Waals surface area contributed by atoms with Gasteiger partial charge in [-0.2, -0.15) is 0 Å². The van der Waals surface area contributed by atoms with Gasteiger partial charge in [0.15, 0.2) is 0 Å². The maximum Gasteiger partial charge on any atom is 0.255 e. The number of morpholine rings is 1. The second-order valence-electron chi connectivity index (χ2n) is 8.40. The van der Waals surface area contributed by atoms with Crippen molar-refractivity contribution in [3.63, 3.8) is 0 Å². The van der Waals surface area contributed by atoms with Crippen molar-refractivity contribution in [1.29, 1.82) is 0 Å². The summed E-state index contributed by atoms with van der Waals surface area (Å²) in [5, 5.41) is 2.31. The maximum absolute atomic E-state index is 13.0. The molecule has 0 bridgehead atoms. The number of hydrogen-bond acceptors (Lipinski definition) is 6. The van der Waals surface area contributed by atoms with E-state index in [4.69, 9.17) is 12.2 Å². The molecule has 3 aliphatic heterocycles. The van der Waals surface area contributed by atoms with Crippen LogP contribution in [-0.4, -0.2) is 59.9 Å². The number of rotatable bonds is 6. The van der Waals surface area contributed by atoms with Crippen molar-refractivity contribution in [2.24, 2.45) is 0 Å². The first kappa shape index (κ1) is 19.3. The number of nitrogens with zero attached hydrogens (tertiary/aromatic N) is 2. The Hall–Kier alpha value is -3.23. The van der Waals surface area contributed by atoms with Gasteiger partial charge in [-0.25, -0.2) is 0 Å². The SMILES string of the molecule is [2H]c1cc(C([2H])N2CCOCC2)ccc1COc1cccc2c1CN(C1CCC(=O)NC1=O)C2=O. The van der Waals surface area contributed by atoms with Crippen LogP contribution in [0.4, 0.5) is 0 Å². The number of benzene rings is 2. The third kappa shape index (κ3) is 4.62. The molecule has 5 rings (SSSR count). The van der Waals surface area contributed by atoms with Gasteiger partial charge in [-0.3, -0.25) is 24.6 Å². The number of fused-ring (bicyclic) bond motifs is 1. The molecular formula is C25H27N3O5. The number of amides is 3. The molecule has 2 fully saturated rings. The Morgan fingerprint density at radius 1 is 1.12 bits per heavy atom. The van der Waals surface area contributed by atoms with E-state index in [0.29, 0.717) is 61.2 Å². The molecule has 0 aliphatic carbocycles. The molecule has 8 heteroatoms. The van der Waals surface area contributed by atoms with Crippen LogP contribution in [0.2, 0.25) is 0 Å². The lowest BCUT2D eigenvalue weighted by molar-refractivity contribution is -0.136. The summed E-state index contributed by atoms with van der Waals surface area (Å²) in [7, 11) is 0. The Morgan fingerprint density at radius 3 is 2.73 bits per heavy atom. The third-order valence-electron chi connectivity index (χ3n) is 6.20. The molecule has 3 aliphatic rings. The van der Waals surface area contributed by atoms with Crippen LogP contribution < -0.4 is 10.1 Å². The lowest BCUT2D eigenvalue weighted by atomic mass is 10.0. The average Bonchev–Trinajstić information content (AvgIpc) is 3.20. The van der Waals surface area contributed by atoms with Gasteiger partial charge in [-0.15, -0.1) is 0 Å². The highest BCUT2D eigenvalue weighted by Gasteiger charge is 2.40. The van der Waals surface area contributed by atoms with Crippen LogP contribution in [0, 0.1) is 0 Å². The predicted octanol–water partition coefficient (Wildman–Crippen LogP) is 1.86. The van der Waals surface area contributed by atoms with Crippen molar-refractivity contribution in [2.45, 2.75) is 38.6 Å². The van der Waals surface area contributed by atoms with Crippen LogP contribution >= 0.6 is 0 Å². The molecule has 2 unspecified atom stereocenters. The molecule has 3 heterocycles. The normalized spacial score (nSPS) is 23.0. The second kappa shape index (κ2) is 9.33. The van der Waals surface area contributed by atoms with E-state index >= 15 is 0 Å². The van der Waals surface area contributed by atoms with Gasteiger partial charge in [-0.1, -0.05) is 30.3 Å². The van der Waals surface area contributed by atoms with Crippen LogP contribution in [0.1, 0.15) is 42.6 Å². The molecular weight excluding hydrogens is 422 g/mol. The highest BCUT2D eigenvalue weighted by atomic mass is 16.5. The molecule has 2 atom stereocenters. The van der Waals surface area contributed by atoms with Crippen LogP contribution in [0.3, 0.4) is 0 Å². The maximum atomic E-state index is 13.0. The monoisotopic (exact) mass is 451 g/mol. The van der Waals surface area contributed by atoms with Crippen LogP contribution in [-0.2, 0) is 34.0 Å². The average molecular weight is 452 g/mol. The smallest absolute Gasteiger partial charge is 0.255 e. The van der Waals surface area contributed by atoms with E-state index in [1.54, 1.807) is 24.3 Å². The fourth-order valence-electron chi connectivity index (χ4n) is 4.40. The fourth-order valence-corrected chi connectivity index (χ4v) is 4.40. The van der Waals surface area contributed by atoms with Gasteiger partial charge in [0.25, 0.3) is 5.91 Å². The predicted molar refractivity (Wildman–Crippen MR) is 119 cm³/mol. The number of ether oxygens (including phenoxy) is 2. The van der Waals surface area contributed by atoms with Gasteiger partial charge in [0.05, 0.1) is 21.1 Å². The molecule has 1 N–H and O–H groups in total. The zero-order chi connectivity index (χ0) is 24.5. The van der Waals surface area contributed by atoms with Crippen molar-refractivity contribution in [1.82, 2.24) is 15.1 Å². The number of hydrogen-bond donors (Lipinski definition) is 1. The summed E-state index contributed by atoms with van der Waals surface area (Å²) in [6.07, 6.45) is 0.503. The molecule has 172 valence electrons. The molecule has 2 aromatic carbocycles. The van der Waals surface area contributed by atoms with E-state index in [9.17, 15) is 14.4 Å². The van der Waals surface area contributed by atoms with Crippen LogP contribution in [0.25, 0.3) is 0 Å². The standard InChI is InChI=1S/C25H27N3O5/c29-23-9-8-21(24(30)26-23)28-15-20-19(25(28)31)2-1-3-22(20)33-16-18-6-4-17(5-7-18)14-27-10-12-32-13-11-27/h1-7,21H,8-16H2,(H,26,29,30)/i6D,14D. The van der Waals surface area contributed by atoms with Gasteiger partial charge < -0.3 is 14.4 Å². The van der Waals surface area contributed by atoms with Crippen molar-refractivity contribution in [2.75, 3.05) is 26.3 Å². The second-order valence-corrected chi connectivity index (χ2v) is 8.40. The molecule has 8 nitrogen and oxygen atoms in total. The van der Waals surface area contributed by atoms with Gasteiger partial charge >= 0.3 is 0 Å². The third-order valence-corrected chi connectivity index (χ3v) is 6.20. The largest absolute Gasteiger partial charge is 0.489 e. The minimum Gasteiger partial charge on any atom is -0.489 e. The van der Waals surface area contributed by atoms with Crippen molar-refractivity contribution in [3.05, 3.63) is 64.7 Å². The summed E-state index contributed by atoms with van der Waals surface area (Å²) in [6.45, 7) is 2.44. The summed E-state index contributed by atoms with van der Waals surface area (Å²) < 4.78 is 28.3. The Balaban J connectivity index is 1.28. The lowest BCUT2D eigenvalue weighted by Crippen LogP contribution is -2.52. The summed E-state index contributed by atoms with van der Waals surface area (Å²) >= 11 is 0. The van der Waals surface area contributed by atoms with Gasteiger partial charge in [0, 0.05) is 38.5 Å². The van der Waals surface area contributed by atoms with Gasteiger partial charge in [-0.05, 0) is 29.7 Å². The van der Waals surface area contributed by atoms with E-state index in [0.717, 1.165) is 5.56 Å². The zero-order valence-corrected chi connectivity index (χ0v) is 18.2. The van der Waals surface area contributed by atoms with Crippen LogP contribution in [0.5, 0.6) is 5.75 Å². The Morgan fingerprint density at radius 2 is 1.94 bits per heavy atom. The molecule has 0 aromatic heterocycles. The summed E-state index contributed by atoms with van der Waals surface area (Å²) in [5.74, 6) is -0.497. The Kier molecular flexibility index (Phi) is 5.44. The summed E-state index contributed by atoms with van der Waals surface area (Å²) in [5.41, 5.74) is 2.61. The molecule has 33 heavy (non-hydrogen) atoms. The van der Waals surface area contributed by atoms with Gasteiger partial charge in [0.1, 0.15) is 18.4 Å². The number of nitrogens with one attached hydrogen (secondary N) is 1. The topological polar surface area (TPSA) is 88.2 Å². The first-order valence-electron chi connectivity index (χ1n) is 12.2. The van der Waals surface area contributed by atoms with Crippen molar-refractivity contribution >= 4 is 17.7 Å². The minimum absolute atomic E-state index is 0.141. The number of piperidine rings is 1. The quantitative estimate of drug-likeness (QED) is 0.675. The minimum atomic E-state index is -0.683. The summed E-state index contributed by atoms with van der Waals surface area (Å²) in [4.78, 5) is 40.3. The molecule has 2 aromatic rings. The molecule has 2 saturated heterocycles. The Bertz CT molecular complexity index is 1170. The number of imide groups is 1. The van der Waals surface area contributed by atoms with Crippen LogP contribution in [0.15, 0.2) is 42.4 Å². The van der Waals surface area contributed by atoms with Crippen molar-refractivity contribution < 1.29 is 26.6 Å². The first-order valence-corrected chi connectivity index (χ1v) is 11.1. The molecule has 0 spiro atoms.